The minimum Gasteiger partial charge on any atom is -0.424 e. The molecule has 0 atom stereocenters. The first kappa shape index (κ1) is 30.2. The van der Waals surface area contributed by atoms with Gasteiger partial charge in [-0.2, -0.15) is 5.10 Å². The Morgan fingerprint density at radius 1 is 1.07 bits per heavy atom. The molecule has 1 saturated heterocycles. The lowest BCUT2D eigenvalue weighted by Crippen LogP contribution is -2.23. The molecule has 1 aliphatic heterocycles. The average molecular weight is 647 g/mol. The molecule has 0 unspecified atom stereocenters. The van der Waals surface area contributed by atoms with Gasteiger partial charge in [0.1, 0.15) is 17.4 Å². The van der Waals surface area contributed by atoms with Crippen LogP contribution >= 0.6 is 22.9 Å². The maximum Gasteiger partial charge on any atom is 0.324 e. The van der Waals surface area contributed by atoms with E-state index in [0.717, 1.165) is 22.6 Å². The summed E-state index contributed by atoms with van der Waals surface area (Å²) in [5.41, 5.74) is 2.45. The van der Waals surface area contributed by atoms with Gasteiger partial charge in [-0.05, 0) is 66.8 Å². The molecule has 4 heterocycles. The first-order chi connectivity index (χ1) is 21.7. The lowest BCUT2D eigenvalue weighted by atomic mass is 10.1. The van der Waals surface area contributed by atoms with Crippen LogP contribution < -0.4 is 20.3 Å². The number of rotatable bonds is 9. The largest absolute Gasteiger partial charge is 0.424 e. The standard InChI is InChI=1S/C31H28ClFN8O3S/c1-18(2)12-21-14-27(41(39-21)25-10-7-20(33)13-24(25)32)38-29(43)37-22-15-34-30(35-16-22)44-23-8-5-19(6-9-23)26-17-36-31(45-26)40-11-3-4-28(40)42/h5-10,13-18H,3-4,11-12H2,1-2H3,(H2,37,38,43). The number of benzene rings is 2. The molecule has 45 heavy (non-hydrogen) atoms. The minimum atomic E-state index is -0.557. The molecule has 0 saturated carbocycles. The zero-order valence-electron chi connectivity index (χ0n) is 24.3. The number of ether oxygens (including phenoxy) is 1. The molecule has 1 aliphatic rings. The molecule has 0 aliphatic carbocycles. The van der Waals surface area contributed by atoms with Gasteiger partial charge < -0.3 is 10.1 Å². The van der Waals surface area contributed by atoms with E-state index in [1.165, 1.54) is 46.6 Å². The molecular weight excluding hydrogens is 619 g/mol. The fraction of sp³-hybridized carbons (Fsp3) is 0.226. The summed E-state index contributed by atoms with van der Waals surface area (Å²) in [6.07, 6.45) is 6.70. The maximum atomic E-state index is 13.7. The second-order valence-electron chi connectivity index (χ2n) is 10.7. The Balaban J connectivity index is 1.08. The Hall–Kier alpha value is -4.88. The first-order valence-electron chi connectivity index (χ1n) is 14.2. The summed E-state index contributed by atoms with van der Waals surface area (Å²) >= 11 is 7.75. The molecule has 0 bridgehead atoms. The zero-order chi connectivity index (χ0) is 31.5. The number of nitrogens with zero attached hydrogens (tertiary/aromatic N) is 6. The van der Waals surface area contributed by atoms with Gasteiger partial charge in [-0.15, -0.1) is 0 Å². The van der Waals surface area contributed by atoms with Crippen molar-refractivity contribution in [3.8, 4) is 27.9 Å². The van der Waals surface area contributed by atoms with E-state index in [4.69, 9.17) is 16.3 Å². The summed E-state index contributed by atoms with van der Waals surface area (Å²) in [5.74, 6) is 0.851. The highest BCUT2D eigenvalue weighted by Gasteiger charge is 2.24. The van der Waals surface area contributed by atoms with Gasteiger partial charge in [-0.25, -0.2) is 28.8 Å². The molecule has 1 fully saturated rings. The second-order valence-corrected chi connectivity index (χ2v) is 12.2. The highest BCUT2D eigenvalue weighted by molar-refractivity contribution is 7.19. The highest BCUT2D eigenvalue weighted by atomic mass is 35.5. The molecule has 0 spiro atoms. The summed E-state index contributed by atoms with van der Waals surface area (Å²) in [6, 6.07) is 12.6. The molecule has 14 heteroatoms. The average Bonchev–Trinajstić information content (AvgIpc) is 3.74. The molecule has 2 N–H and O–H groups in total. The van der Waals surface area contributed by atoms with E-state index < -0.39 is 11.8 Å². The molecule has 3 aromatic heterocycles. The topological polar surface area (TPSA) is 127 Å². The minimum absolute atomic E-state index is 0.101. The highest BCUT2D eigenvalue weighted by Crippen LogP contribution is 2.34. The predicted octanol–water partition coefficient (Wildman–Crippen LogP) is 7.34. The van der Waals surface area contributed by atoms with E-state index >= 15 is 0 Å². The van der Waals surface area contributed by atoms with Crippen molar-refractivity contribution in [2.45, 2.75) is 33.1 Å². The van der Waals surface area contributed by atoms with Gasteiger partial charge >= 0.3 is 12.0 Å². The van der Waals surface area contributed by atoms with E-state index in [9.17, 15) is 14.0 Å². The number of aromatic nitrogens is 5. The Labute approximate surface area is 267 Å². The van der Waals surface area contributed by atoms with Crippen molar-refractivity contribution in [1.29, 1.82) is 0 Å². The van der Waals surface area contributed by atoms with Crippen LogP contribution in [0.3, 0.4) is 0 Å². The van der Waals surface area contributed by atoms with Gasteiger partial charge in [0.25, 0.3) is 0 Å². The van der Waals surface area contributed by atoms with E-state index in [-0.39, 0.29) is 16.9 Å². The number of anilines is 3. The summed E-state index contributed by atoms with van der Waals surface area (Å²) in [6.45, 7) is 4.82. The number of thiazole rings is 1. The van der Waals surface area contributed by atoms with Gasteiger partial charge in [-0.1, -0.05) is 36.8 Å². The van der Waals surface area contributed by atoms with Gasteiger partial charge in [-0.3, -0.25) is 15.0 Å². The van der Waals surface area contributed by atoms with Crippen LogP contribution in [0.5, 0.6) is 11.8 Å². The van der Waals surface area contributed by atoms with Gasteiger partial charge in [0, 0.05) is 25.2 Å². The van der Waals surface area contributed by atoms with Crippen LogP contribution in [0.2, 0.25) is 5.02 Å². The van der Waals surface area contributed by atoms with Crippen molar-refractivity contribution in [2.75, 3.05) is 22.1 Å². The van der Waals surface area contributed by atoms with Crippen LogP contribution in [-0.2, 0) is 11.2 Å². The number of halogens is 2. The lowest BCUT2D eigenvalue weighted by molar-refractivity contribution is -0.117. The summed E-state index contributed by atoms with van der Waals surface area (Å²) < 4.78 is 20.9. The molecule has 11 nitrogen and oxygen atoms in total. The van der Waals surface area contributed by atoms with Crippen LogP contribution in [0, 0.1) is 11.7 Å². The van der Waals surface area contributed by atoms with E-state index in [1.54, 1.807) is 29.3 Å². The van der Waals surface area contributed by atoms with Crippen LogP contribution in [0.4, 0.5) is 25.8 Å². The third kappa shape index (κ3) is 7.10. The van der Waals surface area contributed by atoms with Crippen molar-refractivity contribution < 1.29 is 18.7 Å². The SMILES string of the molecule is CC(C)Cc1cc(NC(=O)Nc2cnc(Oc3ccc(-c4cnc(N5CCCC5=O)s4)cc3)nc2)n(-c2ccc(F)cc2Cl)n1. The smallest absolute Gasteiger partial charge is 0.324 e. The molecule has 6 rings (SSSR count). The Morgan fingerprint density at radius 3 is 2.53 bits per heavy atom. The number of carbonyl (C=O) groups is 2. The van der Waals surface area contributed by atoms with Crippen LogP contribution in [0.1, 0.15) is 32.4 Å². The summed E-state index contributed by atoms with van der Waals surface area (Å²) in [4.78, 5) is 40.4. The Kier molecular flexibility index (Phi) is 8.71. The monoisotopic (exact) mass is 646 g/mol. The molecule has 5 aromatic rings. The number of hydrogen-bond acceptors (Lipinski definition) is 8. The third-order valence-electron chi connectivity index (χ3n) is 6.79. The summed E-state index contributed by atoms with van der Waals surface area (Å²) in [5, 5.41) is 10.9. The van der Waals surface area contributed by atoms with Gasteiger partial charge in [0.05, 0.1) is 39.4 Å². The number of carbonyl (C=O) groups excluding carboxylic acids is 2. The van der Waals surface area contributed by atoms with Crippen LogP contribution in [0.25, 0.3) is 16.1 Å². The third-order valence-corrected chi connectivity index (χ3v) is 8.16. The number of hydrogen-bond donors (Lipinski definition) is 2. The number of nitrogens with one attached hydrogen (secondary N) is 2. The zero-order valence-corrected chi connectivity index (χ0v) is 25.9. The summed E-state index contributed by atoms with van der Waals surface area (Å²) in [7, 11) is 0. The van der Waals surface area contributed by atoms with Crippen molar-refractivity contribution >= 4 is 51.5 Å². The fourth-order valence-electron chi connectivity index (χ4n) is 4.75. The molecule has 2 aromatic carbocycles. The van der Waals surface area contributed by atoms with Crippen molar-refractivity contribution in [3.05, 3.63) is 83.7 Å². The molecule has 0 radical (unpaired) electrons. The molecular formula is C31H28ClFN8O3S. The van der Waals surface area contributed by atoms with Gasteiger partial charge in [0.15, 0.2) is 5.13 Å². The van der Waals surface area contributed by atoms with Crippen molar-refractivity contribution in [1.82, 2.24) is 24.7 Å². The Bertz CT molecular complexity index is 1840. The maximum absolute atomic E-state index is 13.7. The van der Waals surface area contributed by atoms with Crippen LogP contribution in [-0.4, -0.2) is 43.2 Å². The second kappa shape index (κ2) is 13.0. The van der Waals surface area contributed by atoms with E-state index in [0.29, 0.717) is 53.4 Å². The number of urea groups is 1. The normalized spacial score (nSPS) is 13.0. The lowest BCUT2D eigenvalue weighted by Gasteiger charge is -2.11. The fourth-order valence-corrected chi connectivity index (χ4v) is 5.96. The predicted molar refractivity (Wildman–Crippen MR) is 171 cm³/mol. The molecule has 230 valence electrons. The van der Waals surface area contributed by atoms with Crippen LogP contribution in [0.15, 0.2) is 67.1 Å². The molecule has 3 amide bonds. The quantitative estimate of drug-likeness (QED) is 0.171. The van der Waals surface area contributed by atoms with Gasteiger partial charge in [0.2, 0.25) is 5.91 Å². The number of amides is 3. The van der Waals surface area contributed by atoms with E-state index in [1.807, 2.05) is 12.1 Å². The van der Waals surface area contributed by atoms with E-state index in [2.05, 4.69) is 44.5 Å². The Morgan fingerprint density at radius 2 is 1.84 bits per heavy atom. The van der Waals surface area contributed by atoms with Crippen molar-refractivity contribution in [3.63, 3.8) is 0 Å². The van der Waals surface area contributed by atoms with Crippen molar-refractivity contribution in [2.24, 2.45) is 5.92 Å². The first-order valence-corrected chi connectivity index (χ1v) is 15.4.